The summed E-state index contributed by atoms with van der Waals surface area (Å²) in [5.41, 5.74) is 3.88. The van der Waals surface area contributed by atoms with Crippen LogP contribution in [0.1, 0.15) is 28.1 Å². The smallest absolute Gasteiger partial charge is 0.253 e. The lowest BCUT2D eigenvalue weighted by atomic mass is 10.0. The lowest BCUT2D eigenvalue weighted by Crippen LogP contribution is -2.27. The molecule has 0 saturated heterocycles. The van der Waals surface area contributed by atoms with Gasteiger partial charge < -0.3 is 5.32 Å². The molecule has 0 saturated carbocycles. The number of benzene rings is 2. The van der Waals surface area contributed by atoms with E-state index in [0.29, 0.717) is 39.5 Å². The molecule has 0 aliphatic carbocycles. The Balaban J connectivity index is 1.40. The number of hydrogen-bond donors (Lipinski definition) is 1. The van der Waals surface area contributed by atoms with Crippen molar-refractivity contribution in [3.63, 3.8) is 0 Å². The van der Waals surface area contributed by atoms with Crippen molar-refractivity contribution in [2.45, 2.75) is 31.8 Å². The first-order valence-electron chi connectivity index (χ1n) is 10.6. The van der Waals surface area contributed by atoms with Gasteiger partial charge in [0.25, 0.3) is 5.78 Å². The Morgan fingerprint density at radius 1 is 1.09 bits per heavy atom. The summed E-state index contributed by atoms with van der Waals surface area (Å²) in [7, 11) is 0. The van der Waals surface area contributed by atoms with Crippen LogP contribution in [0.15, 0.2) is 47.6 Å². The molecule has 4 rings (SSSR count). The number of aromatic nitrogens is 4. The summed E-state index contributed by atoms with van der Waals surface area (Å²) in [5.74, 6) is 0.161. The summed E-state index contributed by atoms with van der Waals surface area (Å²) in [6.07, 6.45) is 1.02. The molecule has 0 radical (unpaired) electrons. The molecule has 2 heterocycles. The second-order valence-corrected chi connectivity index (χ2v) is 9.55. The van der Waals surface area contributed by atoms with Crippen LogP contribution in [0.2, 0.25) is 10.0 Å². The molecule has 10 heteroatoms. The number of carbonyl (C=O) groups is 1. The molecule has 176 valence electrons. The van der Waals surface area contributed by atoms with Crippen LogP contribution >= 0.6 is 35.0 Å². The molecule has 1 N–H and O–H groups in total. The van der Waals surface area contributed by atoms with Crippen LogP contribution in [0.25, 0.3) is 5.78 Å². The Morgan fingerprint density at radius 3 is 2.59 bits per heavy atom. The first-order chi connectivity index (χ1) is 16.3. The van der Waals surface area contributed by atoms with Crippen LogP contribution < -0.4 is 5.32 Å². The van der Waals surface area contributed by atoms with Gasteiger partial charge in [-0.15, -0.1) is 5.10 Å². The molecule has 0 atom stereocenters. The zero-order valence-electron chi connectivity index (χ0n) is 18.6. The standard InChI is InChI=1S/C24H22Cl2FN5OS/c1-14-18(12-19-20(26)4-3-5-21(19)27)15(2)32-23(29-14)30-24(31-32)34-13-22(33)28-11-10-16-6-8-17(25)9-7-16/h3-9H,10-13H2,1-2H3,(H,28,33). The topological polar surface area (TPSA) is 72.2 Å². The molecular weight excluding hydrogens is 496 g/mol. The Hall–Kier alpha value is -2.68. The van der Waals surface area contributed by atoms with Crippen molar-refractivity contribution in [2.75, 3.05) is 12.3 Å². The van der Waals surface area contributed by atoms with Crippen LogP contribution in [0.4, 0.5) is 4.39 Å². The molecule has 2 aromatic carbocycles. The van der Waals surface area contributed by atoms with Gasteiger partial charge in [-0.25, -0.2) is 13.9 Å². The molecule has 34 heavy (non-hydrogen) atoms. The fraction of sp³-hybridized carbons (Fsp3) is 0.250. The Kier molecular flexibility index (Phi) is 7.70. The highest BCUT2D eigenvalue weighted by Gasteiger charge is 2.17. The molecule has 4 aromatic rings. The van der Waals surface area contributed by atoms with E-state index in [1.807, 2.05) is 38.1 Å². The molecular formula is C24H22Cl2FN5OS. The molecule has 0 fully saturated rings. The van der Waals surface area contributed by atoms with Gasteiger partial charge in [0.2, 0.25) is 11.1 Å². The van der Waals surface area contributed by atoms with E-state index in [1.165, 1.54) is 17.8 Å². The van der Waals surface area contributed by atoms with Gasteiger partial charge in [-0.2, -0.15) is 4.98 Å². The summed E-state index contributed by atoms with van der Waals surface area (Å²) >= 11 is 13.3. The number of fused-ring (bicyclic) bond motifs is 1. The summed E-state index contributed by atoms with van der Waals surface area (Å²) in [6, 6.07) is 12.2. The van der Waals surface area contributed by atoms with E-state index in [2.05, 4.69) is 20.4 Å². The molecule has 6 nitrogen and oxygen atoms in total. The number of amides is 1. The molecule has 0 spiro atoms. The molecule has 0 aliphatic heterocycles. The van der Waals surface area contributed by atoms with Crippen LogP contribution in [-0.4, -0.2) is 37.8 Å². The minimum absolute atomic E-state index is 0.103. The van der Waals surface area contributed by atoms with E-state index in [-0.39, 0.29) is 17.5 Å². The fourth-order valence-electron chi connectivity index (χ4n) is 3.56. The number of nitrogens with zero attached hydrogens (tertiary/aromatic N) is 4. The van der Waals surface area contributed by atoms with E-state index >= 15 is 0 Å². The number of halogens is 3. The van der Waals surface area contributed by atoms with Crippen molar-refractivity contribution < 1.29 is 9.18 Å². The number of hydrogen-bond acceptors (Lipinski definition) is 5. The summed E-state index contributed by atoms with van der Waals surface area (Å²) < 4.78 is 15.9. The minimum Gasteiger partial charge on any atom is -0.355 e. The maximum Gasteiger partial charge on any atom is 0.253 e. The summed E-state index contributed by atoms with van der Waals surface area (Å²) in [5, 5.41) is 8.90. The zero-order chi connectivity index (χ0) is 24.2. The fourth-order valence-corrected chi connectivity index (χ4v) is 4.57. The molecule has 0 unspecified atom stereocenters. The summed E-state index contributed by atoms with van der Waals surface area (Å²) in [6.45, 7) is 4.27. The number of thioether (sulfide) groups is 1. The van der Waals surface area contributed by atoms with Gasteiger partial charge in [0.15, 0.2) is 0 Å². The second-order valence-electron chi connectivity index (χ2n) is 7.76. The van der Waals surface area contributed by atoms with Crippen LogP contribution in [0.5, 0.6) is 0 Å². The third kappa shape index (κ3) is 5.68. The maximum atomic E-state index is 14.3. The molecule has 0 aliphatic rings. The van der Waals surface area contributed by atoms with E-state index < -0.39 is 0 Å². The lowest BCUT2D eigenvalue weighted by Gasteiger charge is -2.12. The van der Waals surface area contributed by atoms with Crippen molar-refractivity contribution in [2.24, 2.45) is 0 Å². The van der Waals surface area contributed by atoms with Gasteiger partial charge in [-0.05, 0) is 55.7 Å². The first-order valence-corrected chi connectivity index (χ1v) is 12.4. The van der Waals surface area contributed by atoms with Gasteiger partial charge in [0, 0.05) is 40.0 Å². The highest BCUT2D eigenvalue weighted by Crippen LogP contribution is 2.26. The number of aryl methyl sites for hydroxylation is 2. The van der Waals surface area contributed by atoms with E-state index in [1.54, 1.807) is 16.6 Å². The van der Waals surface area contributed by atoms with Gasteiger partial charge in [-0.3, -0.25) is 4.79 Å². The highest BCUT2D eigenvalue weighted by atomic mass is 35.5. The van der Waals surface area contributed by atoms with Crippen molar-refractivity contribution in [1.29, 1.82) is 0 Å². The van der Waals surface area contributed by atoms with E-state index in [0.717, 1.165) is 28.9 Å². The van der Waals surface area contributed by atoms with Crippen molar-refractivity contribution in [3.05, 3.63) is 86.4 Å². The third-order valence-electron chi connectivity index (χ3n) is 5.43. The van der Waals surface area contributed by atoms with Crippen LogP contribution in [0, 0.1) is 19.7 Å². The number of carbonyl (C=O) groups excluding carboxylic acids is 1. The number of nitrogens with one attached hydrogen (secondary N) is 1. The van der Waals surface area contributed by atoms with Gasteiger partial charge in [0.05, 0.1) is 5.75 Å². The van der Waals surface area contributed by atoms with Gasteiger partial charge in [-0.1, -0.05) is 53.2 Å². The first kappa shape index (κ1) is 24.4. The predicted molar refractivity (Wildman–Crippen MR) is 133 cm³/mol. The van der Waals surface area contributed by atoms with Crippen molar-refractivity contribution in [3.8, 4) is 0 Å². The number of rotatable bonds is 8. The Labute approximate surface area is 210 Å². The largest absolute Gasteiger partial charge is 0.355 e. The lowest BCUT2D eigenvalue weighted by molar-refractivity contribution is -0.118. The second kappa shape index (κ2) is 10.7. The third-order valence-corrected chi connectivity index (χ3v) is 6.87. The molecule has 2 aromatic heterocycles. The van der Waals surface area contributed by atoms with Crippen molar-refractivity contribution >= 4 is 46.6 Å². The minimum atomic E-state index is -0.358. The van der Waals surface area contributed by atoms with Crippen LogP contribution in [-0.2, 0) is 17.6 Å². The van der Waals surface area contributed by atoms with E-state index in [4.69, 9.17) is 23.2 Å². The Bertz CT molecular complexity index is 1320. The van der Waals surface area contributed by atoms with Crippen LogP contribution in [0.3, 0.4) is 0 Å². The highest BCUT2D eigenvalue weighted by molar-refractivity contribution is 7.99. The van der Waals surface area contributed by atoms with Crippen molar-refractivity contribution in [1.82, 2.24) is 24.9 Å². The molecule has 1 amide bonds. The van der Waals surface area contributed by atoms with E-state index in [9.17, 15) is 9.18 Å². The monoisotopic (exact) mass is 517 g/mol. The zero-order valence-corrected chi connectivity index (χ0v) is 20.9. The predicted octanol–water partition coefficient (Wildman–Crippen LogP) is 5.23. The average molecular weight is 518 g/mol. The molecule has 0 bridgehead atoms. The van der Waals surface area contributed by atoms with Gasteiger partial charge >= 0.3 is 0 Å². The van der Waals surface area contributed by atoms with Gasteiger partial charge in [0.1, 0.15) is 5.82 Å². The Morgan fingerprint density at radius 2 is 1.85 bits per heavy atom. The SMILES string of the molecule is Cc1nc2nc(SCC(=O)NCCc3ccc(Cl)cc3)nn2c(C)c1Cc1c(F)cccc1Cl. The normalized spacial score (nSPS) is 11.2. The quantitative estimate of drug-likeness (QED) is 0.324. The average Bonchev–Trinajstić information content (AvgIpc) is 3.21. The summed E-state index contributed by atoms with van der Waals surface area (Å²) in [4.78, 5) is 21.2. The maximum absolute atomic E-state index is 14.3.